The van der Waals surface area contributed by atoms with Crippen LogP contribution in [-0.4, -0.2) is 23.4 Å². The summed E-state index contributed by atoms with van der Waals surface area (Å²) in [6.07, 6.45) is 6.30. The maximum Gasteiger partial charge on any atom is 0.222 e. The van der Waals surface area contributed by atoms with E-state index in [0.29, 0.717) is 29.2 Å². The van der Waals surface area contributed by atoms with Gasteiger partial charge in [0.2, 0.25) is 5.91 Å². The Morgan fingerprint density at radius 3 is 2.57 bits per heavy atom. The number of fused-ring (bicyclic) bond motifs is 2. The first-order valence-corrected chi connectivity index (χ1v) is 9.11. The molecule has 3 rings (SSSR count). The summed E-state index contributed by atoms with van der Waals surface area (Å²) in [6, 6.07) is 9.17. The number of rotatable bonds is 4. The van der Waals surface area contributed by atoms with Gasteiger partial charge in [0.1, 0.15) is 0 Å². The van der Waals surface area contributed by atoms with Gasteiger partial charge in [-0.25, -0.2) is 0 Å². The van der Waals surface area contributed by atoms with E-state index in [4.69, 9.17) is 0 Å². The quantitative estimate of drug-likeness (QED) is 0.786. The van der Waals surface area contributed by atoms with Crippen molar-refractivity contribution in [3.05, 3.63) is 35.4 Å². The van der Waals surface area contributed by atoms with E-state index in [0.717, 1.165) is 19.4 Å². The second-order valence-corrected chi connectivity index (χ2v) is 9.07. The fourth-order valence-electron chi connectivity index (χ4n) is 5.09. The van der Waals surface area contributed by atoms with Crippen molar-refractivity contribution in [2.24, 2.45) is 10.8 Å². The third kappa shape index (κ3) is 3.79. The average molecular weight is 313 g/mol. The molecule has 2 unspecified atom stereocenters. The van der Waals surface area contributed by atoms with E-state index in [1.807, 2.05) is 0 Å². The Kier molecular flexibility index (Phi) is 4.29. The zero-order valence-electron chi connectivity index (χ0n) is 15.2. The highest BCUT2D eigenvalue weighted by Gasteiger charge is 2.50. The van der Waals surface area contributed by atoms with Gasteiger partial charge in [-0.05, 0) is 55.4 Å². The van der Waals surface area contributed by atoms with E-state index in [2.05, 4.69) is 56.9 Å². The van der Waals surface area contributed by atoms with Crippen molar-refractivity contribution in [1.29, 1.82) is 0 Å². The summed E-state index contributed by atoms with van der Waals surface area (Å²) < 4.78 is 0. The smallest absolute Gasteiger partial charge is 0.222 e. The molecule has 2 aliphatic rings. The van der Waals surface area contributed by atoms with Crippen LogP contribution in [-0.2, 0) is 11.2 Å². The number of hydrogen-bond donors (Lipinski definition) is 0. The molecular weight excluding hydrogens is 282 g/mol. The van der Waals surface area contributed by atoms with Gasteiger partial charge in [0, 0.05) is 19.0 Å². The van der Waals surface area contributed by atoms with Crippen molar-refractivity contribution >= 4 is 5.91 Å². The molecule has 2 atom stereocenters. The van der Waals surface area contributed by atoms with Crippen LogP contribution in [0.15, 0.2) is 24.3 Å². The first kappa shape index (κ1) is 16.5. The van der Waals surface area contributed by atoms with Gasteiger partial charge in [0.15, 0.2) is 0 Å². The summed E-state index contributed by atoms with van der Waals surface area (Å²) in [5, 5.41) is 0. The summed E-state index contributed by atoms with van der Waals surface area (Å²) in [5.74, 6) is 0.378. The maximum atomic E-state index is 12.7. The monoisotopic (exact) mass is 313 g/mol. The lowest BCUT2D eigenvalue weighted by molar-refractivity contribution is -0.132. The molecule has 1 aromatic rings. The summed E-state index contributed by atoms with van der Waals surface area (Å²) in [6.45, 7) is 10.2. The number of likely N-dealkylation sites (tertiary alicyclic amines) is 1. The van der Waals surface area contributed by atoms with Crippen LogP contribution in [0.1, 0.15) is 64.0 Å². The van der Waals surface area contributed by atoms with Gasteiger partial charge in [-0.1, -0.05) is 50.6 Å². The topological polar surface area (TPSA) is 20.3 Å². The van der Waals surface area contributed by atoms with Crippen LogP contribution >= 0.6 is 0 Å². The lowest BCUT2D eigenvalue weighted by atomic mass is 9.65. The molecular formula is C21H31NO. The summed E-state index contributed by atoms with van der Waals surface area (Å²) in [7, 11) is 0. The van der Waals surface area contributed by atoms with Gasteiger partial charge in [-0.3, -0.25) is 4.79 Å². The van der Waals surface area contributed by atoms with Crippen LogP contribution in [0, 0.1) is 17.8 Å². The van der Waals surface area contributed by atoms with Crippen LogP contribution in [0.25, 0.3) is 0 Å². The molecule has 2 nitrogen and oxygen atoms in total. The lowest BCUT2D eigenvalue weighted by Crippen LogP contribution is -2.37. The Morgan fingerprint density at radius 2 is 1.87 bits per heavy atom. The molecule has 1 amide bonds. The molecule has 1 saturated carbocycles. The van der Waals surface area contributed by atoms with Crippen molar-refractivity contribution in [2.45, 2.75) is 72.3 Å². The molecule has 2 heteroatoms. The number of nitrogens with zero attached hydrogens (tertiary/aromatic N) is 1. The predicted molar refractivity (Wildman–Crippen MR) is 95.4 cm³/mol. The molecule has 0 spiro atoms. The highest BCUT2D eigenvalue weighted by atomic mass is 16.2. The number of amides is 1. The zero-order chi connectivity index (χ0) is 16.7. The molecule has 126 valence electrons. The normalized spacial score (nSPS) is 28.9. The Labute approximate surface area is 141 Å². The molecule has 1 aliphatic heterocycles. The van der Waals surface area contributed by atoms with Gasteiger partial charge < -0.3 is 4.90 Å². The van der Waals surface area contributed by atoms with Crippen molar-refractivity contribution in [3.8, 4) is 0 Å². The lowest BCUT2D eigenvalue weighted by Gasteiger charge is -2.39. The average Bonchev–Trinajstić information content (AvgIpc) is 2.70. The van der Waals surface area contributed by atoms with Crippen molar-refractivity contribution < 1.29 is 4.79 Å². The van der Waals surface area contributed by atoms with E-state index in [1.165, 1.54) is 30.4 Å². The highest BCUT2D eigenvalue weighted by molar-refractivity contribution is 5.77. The van der Waals surface area contributed by atoms with Crippen molar-refractivity contribution in [3.63, 3.8) is 0 Å². The molecule has 0 N–H and O–H groups in total. The second kappa shape index (κ2) is 5.96. The number of benzene rings is 1. The highest BCUT2D eigenvalue weighted by Crippen LogP contribution is 2.52. The molecule has 0 radical (unpaired) electrons. The molecule has 1 saturated heterocycles. The Balaban J connectivity index is 1.54. The number of carbonyl (C=O) groups is 1. The Morgan fingerprint density at radius 1 is 1.17 bits per heavy atom. The fraction of sp³-hybridized carbons (Fsp3) is 0.667. The standard InChI is InChI=1S/C21H31NO/c1-16-8-10-17(11-9-16)6-5-7-19(23)22-15-21(4)13-18(22)12-20(2,3)14-21/h8-11,18H,5-7,12-15H2,1-4H3. The predicted octanol–water partition coefficient (Wildman–Crippen LogP) is 4.74. The van der Waals surface area contributed by atoms with Gasteiger partial charge in [-0.15, -0.1) is 0 Å². The van der Waals surface area contributed by atoms with Crippen LogP contribution in [0.2, 0.25) is 0 Å². The first-order valence-electron chi connectivity index (χ1n) is 9.11. The Bertz CT molecular complexity index is 574. The first-order chi connectivity index (χ1) is 10.8. The van der Waals surface area contributed by atoms with Gasteiger partial charge in [0.05, 0.1) is 0 Å². The van der Waals surface area contributed by atoms with E-state index in [-0.39, 0.29) is 0 Å². The largest absolute Gasteiger partial charge is 0.339 e. The van der Waals surface area contributed by atoms with Crippen LogP contribution < -0.4 is 0 Å². The van der Waals surface area contributed by atoms with E-state index < -0.39 is 0 Å². The minimum atomic E-state index is 0.346. The maximum absolute atomic E-state index is 12.7. The van der Waals surface area contributed by atoms with E-state index in [1.54, 1.807) is 0 Å². The summed E-state index contributed by atoms with van der Waals surface area (Å²) in [4.78, 5) is 14.9. The molecule has 1 aromatic carbocycles. The molecule has 2 fully saturated rings. The molecule has 23 heavy (non-hydrogen) atoms. The summed E-state index contributed by atoms with van der Waals surface area (Å²) in [5.41, 5.74) is 3.37. The summed E-state index contributed by atoms with van der Waals surface area (Å²) >= 11 is 0. The molecule has 1 heterocycles. The third-order valence-corrected chi connectivity index (χ3v) is 5.71. The SMILES string of the molecule is Cc1ccc(CCCC(=O)N2CC3(C)CC2CC(C)(C)C3)cc1. The van der Waals surface area contributed by atoms with Crippen LogP contribution in [0.3, 0.4) is 0 Å². The number of hydrogen-bond acceptors (Lipinski definition) is 1. The van der Waals surface area contributed by atoms with Crippen LogP contribution in [0.5, 0.6) is 0 Å². The third-order valence-electron chi connectivity index (χ3n) is 5.71. The van der Waals surface area contributed by atoms with Crippen molar-refractivity contribution in [2.75, 3.05) is 6.54 Å². The molecule has 0 aromatic heterocycles. The minimum Gasteiger partial charge on any atom is -0.339 e. The fourth-order valence-corrected chi connectivity index (χ4v) is 5.09. The molecule has 1 aliphatic carbocycles. The zero-order valence-corrected chi connectivity index (χ0v) is 15.2. The van der Waals surface area contributed by atoms with E-state index >= 15 is 0 Å². The minimum absolute atomic E-state index is 0.346. The van der Waals surface area contributed by atoms with E-state index in [9.17, 15) is 4.79 Å². The Hall–Kier alpha value is -1.31. The van der Waals surface area contributed by atoms with Gasteiger partial charge in [-0.2, -0.15) is 0 Å². The number of aryl methyl sites for hydroxylation is 2. The number of carbonyl (C=O) groups excluding carboxylic acids is 1. The van der Waals surface area contributed by atoms with Gasteiger partial charge in [0.25, 0.3) is 0 Å². The van der Waals surface area contributed by atoms with Crippen LogP contribution in [0.4, 0.5) is 0 Å². The van der Waals surface area contributed by atoms with Gasteiger partial charge >= 0.3 is 0 Å². The molecule has 2 bridgehead atoms. The van der Waals surface area contributed by atoms with Crippen molar-refractivity contribution in [1.82, 2.24) is 4.90 Å². The second-order valence-electron chi connectivity index (χ2n) is 9.07.